The largest absolute Gasteiger partial charge is 0.497 e. The zero-order chi connectivity index (χ0) is 21.3. The number of ether oxygens (including phenoxy) is 2. The van der Waals surface area contributed by atoms with Gasteiger partial charge in [-0.2, -0.15) is 0 Å². The summed E-state index contributed by atoms with van der Waals surface area (Å²) in [5.74, 6) is 1.83. The summed E-state index contributed by atoms with van der Waals surface area (Å²) in [4.78, 5) is 14.9. The van der Waals surface area contributed by atoms with Gasteiger partial charge in [-0.25, -0.2) is 0 Å². The van der Waals surface area contributed by atoms with E-state index in [1.165, 1.54) is 30.4 Å². The number of methoxy groups -OCH3 is 1. The van der Waals surface area contributed by atoms with Crippen LogP contribution in [-0.4, -0.2) is 44.2 Å². The van der Waals surface area contributed by atoms with Crippen molar-refractivity contribution in [2.75, 3.05) is 33.4 Å². The van der Waals surface area contributed by atoms with Crippen molar-refractivity contribution in [3.05, 3.63) is 59.7 Å². The van der Waals surface area contributed by atoms with Crippen LogP contribution in [0.1, 0.15) is 56.2 Å². The van der Waals surface area contributed by atoms with E-state index >= 15 is 0 Å². The number of benzene rings is 2. The fourth-order valence-corrected chi connectivity index (χ4v) is 3.87. The van der Waals surface area contributed by atoms with Gasteiger partial charge in [0.25, 0.3) is 5.91 Å². The molecule has 1 heterocycles. The summed E-state index contributed by atoms with van der Waals surface area (Å²) in [5.41, 5.74) is 2.60. The lowest BCUT2D eigenvalue weighted by molar-refractivity contribution is -0.123. The van der Waals surface area contributed by atoms with Gasteiger partial charge in [-0.15, -0.1) is 0 Å². The molecule has 1 fully saturated rings. The van der Waals surface area contributed by atoms with Crippen molar-refractivity contribution < 1.29 is 14.3 Å². The lowest BCUT2D eigenvalue weighted by Gasteiger charge is -2.35. The van der Waals surface area contributed by atoms with Crippen LogP contribution < -0.4 is 14.8 Å². The SMILES string of the molecule is COc1ccc(OCC(=O)NC[C@@H](c2ccc(C(C)C)cc2)N2CCCCC2)cc1. The normalized spacial score (nSPS) is 15.6. The molecule has 1 atom stereocenters. The van der Waals surface area contributed by atoms with Gasteiger partial charge < -0.3 is 14.8 Å². The van der Waals surface area contributed by atoms with Crippen LogP contribution in [0.3, 0.4) is 0 Å². The second kappa shape index (κ2) is 11.0. The summed E-state index contributed by atoms with van der Waals surface area (Å²) in [6.45, 7) is 7.17. The van der Waals surface area contributed by atoms with Crippen LogP contribution in [0.5, 0.6) is 11.5 Å². The molecule has 162 valence electrons. The monoisotopic (exact) mass is 410 g/mol. The van der Waals surface area contributed by atoms with Gasteiger partial charge in [-0.3, -0.25) is 9.69 Å². The molecule has 0 saturated carbocycles. The molecule has 0 bridgehead atoms. The quantitative estimate of drug-likeness (QED) is 0.659. The molecular formula is C25H34N2O3. The molecular weight excluding hydrogens is 376 g/mol. The number of nitrogens with zero attached hydrogens (tertiary/aromatic N) is 1. The summed E-state index contributed by atoms with van der Waals surface area (Å²) in [5, 5.41) is 3.08. The van der Waals surface area contributed by atoms with Gasteiger partial charge in [0, 0.05) is 6.54 Å². The van der Waals surface area contributed by atoms with Crippen LogP contribution in [0, 0.1) is 0 Å². The maximum Gasteiger partial charge on any atom is 0.258 e. The van der Waals surface area contributed by atoms with Crippen LogP contribution in [0.25, 0.3) is 0 Å². The molecule has 3 rings (SSSR count). The van der Waals surface area contributed by atoms with Gasteiger partial charge in [0.1, 0.15) is 11.5 Å². The Labute approximate surface area is 180 Å². The number of rotatable bonds is 9. The number of amides is 1. The highest BCUT2D eigenvalue weighted by Crippen LogP contribution is 2.26. The maximum absolute atomic E-state index is 12.4. The number of hydrogen-bond donors (Lipinski definition) is 1. The average Bonchev–Trinajstić information content (AvgIpc) is 2.79. The van der Waals surface area contributed by atoms with Crippen molar-refractivity contribution in [1.29, 1.82) is 0 Å². The van der Waals surface area contributed by atoms with Gasteiger partial charge in [-0.05, 0) is 67.2 Å². The number of carbonyl (C=O) groups is 1. The molecule has 30 heavy (non-hydrogen) atoms. The Balaban J connectivity index is 1.58. The highest BCUT2D eigenvalue weighted by Gasteiger charge is 2.23. The second-order valence-electron chi connectivity index (χ2n) is 8.20. The molecule has 0 unspecified atom stereocenters. The predicted molar refractivity (Wildman–Crippen MR) is 120 cm³/mol. The van der Waals surface area contributed by atoms with E-state index in [0.29, 0.717) is 18.2 Å². The molecule has 2 aromatic carbocycles. The highest BCUT2D eigenvalue weighted by atomic mass is 16.5. The molecule has 1 N–H and O–H groups in total. The zero-order valence-corrected chi connectivity index (χ0v) is 18.4. The standard InChI is InChI=1S/C25H34N2O3/c1-19(2)20-7-9-21(10-8-20)24(27-15-5-4-6-16-27)17-26-25(28)18-30-23-13-11-22(29-3)12-14-23/h7-14,19,24H,4-6,15-18H2,1-3H3,(H,26,28)/t24-/m0/s1. The van der Waals surface area contributed by atoms with Crippen molar-refractivity contribution in [2.45, 2.75) is 45.1 Å². The summed E-state index contributed by atoms with van der Waals surface area (Å²) in [7, 11) is 1.62. The third-order valence-corrected chi connectivity index (χ3v) is 5.74. The Morgan fingerprint density at radius 1 is 0.933 bits per heavy atom. The number of carbonyl (C=O) groups excluding carboxylic acids is 1. The molecule has 5 heteroatoms. The fourth-order valence-electron chi connectivity index (χ4n) is 3.87. The van der Waals surface area contributed by atoms with E-state index in [2.05, 4.69) is 48.3 Å². The summed E-state index contributed by atoms with van der Waals surface area (Å²) >= 11 is 0. The molecule has 2 aromatic rings. The van der Waals surface area contributed by atoms with Crippen molar-refractivity contribution in [2.24, 2.45) is 0 Å². The van der Waals surface area contributed by atoms with Crippen LogP contribution in [-0.2, 0) is 4.79 Å². The van der Waals surface area contributed by atoms with E-state index in [1.807, 2.05) is 12.1 Å². The first-order valence-electron chi connectivity index (χ1n) is 10.9. The Bertz CT molecular complexity index is 781. The molecule has 0 radical (unpaired) electrons. The molecule has 0 aromatic heterocycles. The van der Waals surface area contributed by atoms with Gasteiger partial charge in [0.05, 0.1) is 13.2 Å². The lowest BCUT2D eigenvalue weighted by Crippen LogP contribution is -2.41. The fraction of sp³-hybridized carbons (Fsp3) is 0.480. The summed E-state index contributed by atoms with van der Waals surface area (Å²) < 4.78 is 10.8. The Morgan fingerprint density at radius 3 is 2.13 bits per heavy atom. The van der Waals surface area contributed by atoms with Crippen molar-refractivity contribution in [3.63, 3.8) is 0 Å². The van der Waals surface area contributed by atoms with E-state index in [-0.39, 0.29) is 18.6 Å². The first-order valence-corrected chi connectivity index (χ1v) is 10.9. The molecule has 1 saturated heterocycles. The number of piperidine rings is 1. The van der Waals surface area contributed by atoms with Crippen molar-refractivity contribution in [1.82, 2.24) is 10.2 Å². The smallest absolute Gasteiger partial charge is 0.258 e. The molecule has 0 spiro atoms. The number of likely N-dealkylation sites (tertiary alicyclic amines) is 1. The third-order valence-electron chi connectivity index (χ3n) is 5.74. The van der Waals surface area contributed by atoms with Crippen LogP contribution in [0.15, 0.2) is 48.5 Å². The van der Waals surface area contributed by atoms with Crippen molar-refractivity contribution >= 4 is 5.91 Å². The van der Waals surface area contributed by atoms with Crippen LogP contribution >= 0.6 is 0 Å². The molecule has 5 nitrogen and oxygen atoms in total. The molecule has 1 amide bonds. The number of hydrogen-bond acceptors (Lipinski definition) is 4. The summed E-state index contributed by atoms with van der Waals surface area (Å²) in [6, 6.07) is 16.3. The first kappa shape index (κ1) is 22.2. The van der Waals surface area contributed by atoms with Gasteiger partial charge in [-0.1, -0.05) is 44.5 Å². The topological polar surface area (TPSA) is 50.8 Å². The number of nitrogens with one attached hydrogen (secondary N) is 1. The average molecular weight is 411 g/mol. The minimum Gasteiger partial charge on any atom is -0.497 e. The predicted octanol–water partition coefficient (Wildman–Crippen LogP) is 4.54. The van der Waals surface area contributed by atoms with E-state index < -0.39 is 0 Å². The molecule has 1 aliphatic rings. The van der Waals surface area contributed by atoms with Gasteiger partial charge >= 0.3 is 0 Å². The minimum absolute atomic E-state index is 0.00529. The van der Waals surface area contributed by atoms with Gasteiger partial charge in [0.15, 0.2) is 6.61 Å². The Morgan fingerprint density at radius 2 is 1.53 bits per heavy atom. The first-order chi connectivity index (χ1) is 14.6. The Hall–Kier alpha value is -2.53. The van der Waals surface area contributed by atoms with E-state index in [4.69, 9.17) is 9.47 Å². The highest BCUT2D eigenvalue weighted by molar-refractivity contribution is 5.77. The van der Waals surface area contributed by atoms with Crippen LogP contribution in [0.2, 0.25) is 0 Å². The summed E-state index contributed by atoms with van der Waals surface area (Å²) in [6.07, 6.45) is 3.72. The van der Waals surface area contributed by atoms with Crippen LogP contribution in [0.4, 0.5) is 0 Å². The second-order valence-corrected chi connectivity index (χ2v) is 8.20. The van der Waals surface area contributed by atoms with E-state index in [9.17, 15) is 4.79 Å². The lowest BCUT2D eigenvalue weighted by atomic mass is 9.97. The minimum atomic E-state index is -0.105. The van der Waals surface area contributed by atoms with Gasteiger partial charge in [0.2, 0.25) is 0 Å². The molecule has 1 aliphatic heterocycles. The zero-order valence-electron chi connectivity index (χ0n) is 18.4. The van der Waals surface area contributed by atoms with Crippen molar-refractivity contribution in [3.8, 4) is 11.5 Å². The Kier molecular flexibility index (Phi) is 8.14. The third kappa shape index (κ3) is 6.23. The van der Waals surface area contributed by atoms with E-state index in [1.54, 1.807) is 19.2 Å². The molecule has 0 aliphatic carbocycles. The maximum atomic E-state index is 12.4. The van der Waals surface area contributed by atoms with E-state index in [0.717, 1.165) is 18.8 Å².